The van der Waals surface area contributed by atoms with Crippen LogP contribution in [-0.4, -0.2) is 13.2 Å². The summed E-state index contributed by atoms with van der Waals surface area (Å²) in [5.74, 6) is 0.918. The van der Waals surface area contributed by atoms with Crippen LogP contribution < -0.4 is 10.1 Å². The van der Waals surface area contributed by atoms with Gasteiger partial charge in [-0.2, -0.15) is 0 Å². The Bertz CT molecular complexity index is 729. The Morgan fingerprint density at radius 3 is 1.81 bits per heavy atom. The van der Waals surface area contributed by atoms with E-state index < -0.39 is 0 Å². The maximum absolute atomic E-state index is 5.24. The van der Waals surface area contributed by atoms with Gasteiger partial charge in [0.05, 0.1) is 13.2 Å². The Hall–Kier alpha value is -2.58. The van der Waals surface area contributed by atoms with Gasteiger partial charge in [-0.15, -0.1) is 0 Å². The lowest BCUT2D eigenvalue weighted by Crippen LogP contribution is -2.90. The molecule has 0 bridgehead atoms. The van der Waals surface area contributed by atoms with Crippen molar-refractivity contribution in [1.82, 2.24) is 0 Å². The van der Waals surface area contributed by atoms with Gasteiger partial charge in [0.2, 0.25) is 0 Å². The Morgan fingerprint density at radius 2 is 1.31 bits per heavy atom. The smallest absolute Gasteiger partial charge is 0.137 e. The first-order valence-electron chi connectivity index (χ1n) is 9.34. The molecule has 0 aliphatic carbocycles. The molecule has 0 saturated carbocycles. The molecule has 0 aliphatic rings. The lowest BCUT2D eigenvalue weighted by Gasteiger charge is -2.21. The normalized spacial score (nSPS) is 12.1. The van der Waals surface area contributed by atoms with Gasteiger partial charge in [-0.25, -0.2) is 0 Å². The molecule has 0 aromatic heterocycles. The van der Waals surface area contributed by atoms with Gasteiger partial charge in [0.1, 0.15) is 11.8 Å². The highest BCUT2D eigenvalue weighted by atomic mass is 16.5. The number of hydrogen-bond donors (Lipinski definition) is 1. The summed E-state index contributed by atoms with van der Waals surface area (Å²) in [6.07, 6.45) is 2.22. The summed E-state index contributed by atoms with van der Waals surface area (Å²) < 4.78 is 5.24. The van der Waals surface area contributed by atoms with Gasteiger partial charge < -0.3 is 10.1 Å². The van der Waals surface area contributed by atoms with E-state index in [0.29, 0.717) is 12.1 Å². The average molecular weight is 346 g/mol. The second-order valence-corrected chi connectivity index (χ2v) is 6.86. The Morgan fingerprint density at radius 1 is 0.769 bits per heavy atom. The quantitative estimate of drug-likeness (QED) is 0.644. The van der Waals surface area contributed by atoms with Crippen molar-refractivity contribution in [2.45, 2.75) is 31.8 Å². The first-order valence-corrected chi connectivity index (χ1v) is 9.34. The SMILES string of the molecule is COc1ccc(CC[C@@H](C)[NH2+]C(c2ccccc2)c2ccccc2)cc1. The Kier molecular flexibility index (Phi) is 6.45. The third-order valence-corrected chi connectivity index (χ3v) is 4.89. The molecule has 3 aromatic rings. The molecule has 0 spiro atoms. The third-order valence-electron chi connectivity index (χ3n) is 4.89. The molecule has 3 aromatic carbocycles. The molecule has 3 rings (SSSR count). The second kappa shape index (κ2) is 9.21. The zero-order chi connectivity index (χ0) is 18.2. The number of methoxy groups -OCH3 is 1. The second-order valence-electron chi connectivity index (χ2n) is 6.86. The summed E-state index contributed by atoms with van der Waals surface area (Å²) >= 11 is 0. The summed E-state index contributed by atoms with van der Waals surface area (Å²) in [7, 11) is 1.71. The number of benzene rings is 3. The molecular weight excluding hydrogens is 318 g/mol. The van der Waals surface area contributed by atoms with Crippen molar-refractivity contribution < 1.29 is 10.1 Å². The van der Waals surface area contributed by atoms with Crippen LogP contribution in [0.25, 0.3) is 0 Å². The summed E-state index contributed by atoms with van der Waals surface area (Å²) in [5.41, 5.74) is 4.08. The molecule has 1 atom stereocenters. The van der Waals surface area contributed by atoms with Crippen LogP contribution in [0, 0.1) is 0 Å². The maximum Gasteiger partial charge on any atom is 0.137 e. The molecule has 2 heteroatoms. The number of quaternary nitrogens is 1. The fourth-order valence-electron chi connectivity index (χ4n) is 3.35. The maximum atomic E-state index is 5.24. The van der Waals surface area contributed by atoms with Crippen molar-refractivity contribution in [1.29, 1.82) is 0 Å². The van der Waals surface area contributed by atoms with E-state index in [4.69, 9.17) is 4.74 Å². The fraction of sp³-hybridized carbons (Fsp3) is 0.250. The van der Waals surface area contributed by atoms with Gasteiger partial charge in [0.25, 0.3) is 0 Å². The number of nitrogens with two attached hydrogens (primary N) is 1. The predicted octanol–water partition coefficient (Wildman–Crippen LogP) is 4.37. The summed E-state index contributed by atoms with van der Waals surface area (Å²) in [6, 6.07) is 30.9. The van der Waals surface area contributed by atoms with Crippen molar-refractivity contribution in [2.75, 3.05) is 7.11 Å². The summed E-state index contributed by atoms with van der Waals surface area (Å²) in [6.45, 7) is 2.32. The Labute approximate surface area is 156 Å². The van der Waals surface area contributed by atoms with Crippen molar-refractivity contribution in [3.63, 3.8) is 0 Å². The van der Waals surface area contributed by atoms with E-state index in [2.05, 4.69) is 85.0 Å². The van der Waals surface area contributed by atoms with E-state index in [1.165, 1.54) is 16.7 Å². The summed E-state index contributed by atoms with van der Waals surface area (Å²) in [4.78, 5) is 0. The average Bonchev–Trinajstić information content (AvgIpc) is 2.72. The van der Waals surface area contributed by atoms with Crippen LogP contribution in [-0.2, 0) is 6.42 Å². The number of aryl methyl sites for hydroxylation is 1. The van der Waals surface area contributed by atoms with Gasteiger partial charge >= 0.3 is 0 Å². The minimum atomic E-state index is 0.336. The molecule has 134 valence electrons. The molecule has 0 fully saturated rings. The number of ether oxygens (including phenoxy) is 1. The van der Waals surface area contributed by atoms with Gasteiger partial charge in [0.15, 0.2) is 0 Å². The molecule has 0 saturated heterocycles. The highest BCUT2D eigenvalue weighted by molar-refractivity contribution is 5.29. The third kappa shape index (κ3) is 4.96. The predicted molar refractivity (Wildman–Crippen MR) is 107 cm³/mol. The monoisotopic (exact) mass is 346 g/mol. The Balaban J connectivity index is 1.66. The van der Waals surface area contributed by atoms with Crippen LogP contribution in [0.2, 0.25) is 0 Å². The van der Waals surface area contributed by atoms with Crippen LogP contribution in [0.4, 0.5) is 0 Å². The van der Waals surface area contributed by atoms with E-state index in [9.17, 15) is 0 Å². The minimum Gasteiger partial charge on any atom is -0.497 e. The van der Waals surface area contributed by atoms with E-state index in [0.717, 1.165) is 18.6 Å². The lowest BCUT2D eigenvalue weighted by molar-refractivity contribution is -0.717. The van der Waals surface area contributed by atoms with Crippen LogP contribution in [0.1, 0.15) is 36.1 Å². The highest BCUT2D eigenvalue weighted by Crippen LogP contribution is 2.18. The van der Waals surface area contributed by atoms with E-state index >= 15 is 0 Å². The fourth-order valence-corrected chi connectivity index (χ4v) is 3.35. The molecule has 2 nitrogen and oxygen atoms in total. The summed E-state index contributed by atoms with van der Waals surface area (Å²) in [5, 5.41) is 2.49. The molecule has 0 amide bonds. The van der Waals surface area contributed by atoms with E-state index in [1.807, 2.05) is 12.1 Å². The van der Waals surface area contributed by atoms with Gasteiger partial charge in [-0.3, -0.25) is 0 Å². The van der Waals surface area contributed by atoms with Crippen LogP contribution in [0.15, 0.2) is 84.9 Å². The molecule has 0 radical (unpaired) electrons. The van der Waals surface area contributed by atoms with Crippen molar-refractivity contribution in [2.24, 2.45) is 0 Å². The zero-order valence-corrected chi connectivity index (χ0v) is 15.6. The molecular formula is C24H28NO+. The van der Waals surface area contributed by atoms with Crippen molar-refractivity contribution in [3.8, 4) is 5.75 Å². The van der Waals surface area contributed by atoms with Gasteiger partial charge in [-0.1, -0.05) is 72.8 Å². The molecule has 0 unspecified atom stereocenters. The zero-order valence-electron chi connectivity index (χ0n) is 15.6. The van der Waals surface area contributed by atoms with Crippen LogP contribution >= 0.6 is 0 Å². The van der Waals surface area contributed by atoms with Gasteiger partial charge in [0, 0.05) is 17.5 Å². The lowest BCUT2D eigenvalue weighted by atomic mass is 9.97. The largest absolute Gasteiger partial charge is 0.497 e. The van der Waals surface area contributed by atoms with Crippen LogP contribution in [0.3, 0.4) is 0 Å². The van der Waals surface area contributed by atoms with E-state index in [1.54, 1.807) is 7.11 Å². The van der Waals surface area contributed by atoms with Crippen LogP contribution in [0.5, 0.6) is 5.75 Å². The molecule has 0 aliphatic heterocycles. The van der Waals surface area contributed by atoms with E-state index in [-0.39, 0.29) is 0 Å². The highest BCUT2D eigenvalue weighted by Gasteiger charge is 2.20. The number of rotatable bonds is 8. The first kappa shape index (κ1) is 18.2. The topological polar surface area (TPSA) is 25.8 Å². The standard InChI is InChI=1S/C24H27NO/c1-19(13-14-20-15-17-23(26-2)18-16-20)25-24(21-9-5-3-6-10-21)22-11-7-4-8-12-22/h3-12,15-19,24-25H,13-14H2,1-2H3/p+1/t19-/m1/s1. The molecule has 26 heavy (non-hydrogen) atoms. The molecule has 0 heterocycles. The van der Waals surface area contributed by atoms with Crippen molar-refractivity contribution >= 4 is 0 Å². The molecule has 2 N–H and O–H groups in total. The minimum absolute atomic E-state index is 0.336. The number of hydrogen-bond acceptors (Lipinski definition) is 1. The van der Waals surface area contributed by atoms with Gasteiger partial charge in [-0.05, 0) is 31.0 Å². The first-order chi connectivity index (χ1) is 12.8. The van der Waals surface area contributed by atoms with Crippen molar-refractivity contribution in [3.05, 3.63) is 102 Å².